The lowest BCUT2D eigenvalue weighted by Gasteiger charge is -2.21. The molecule has 4 heteroatoms. The first-order valence-electron chi connectivity index (χ1n) is 7.41. The van der Waals surface area contributed by atoms with Crippen LogP contribution in [0.5, 0.6) is 0 Å². The van der Waals surface area contributed by atoms with E-state index in [0.29, 0.717) is 13.2 Å². The predicted octanol–water partition coefficient (Wildman–Crippen LogP) is 3.74. The molecule has 0 saturated heterocycles. The molecule has 22 heavy (non-hydrogen) atoms. The van der Waals surface area contributed by atoms with E-state index in [1.165, 1.54) is 0 Å². The Hall–Kier alpha value is -1.39. The van der Waals surface area contributed by atoms with Gasteiger partial charge in [0, 0.05) is 31.3 Å². The van der Waals surface area contributed by atoms with Gasteiger partial charge in [0.2, 0.25) is 0 Å². The molecule has 118 valence electrons. The van der Waals surface area contributed by atoms with Crippen molar-refractivity contribution in [3.63, 3.8) is 0 Å². The number of halogens is 1. The lowest BCUT2D eigenvalue weighted by Crippen LogP contribution is -2.27. The Morgan fingerprint density at radius 1 is 1.05 bits per heavy atom. The van der Waals surface area contributed by atoms with Crippen LogP contribution in [-0.4, -0.2) is 25.4 Å². The molecule has 0 aromatic heterocycles. The average molecular weight is 320 g/mol. The maximum Gasteiger partial charge on any atom is 0.0914 e. The van der Waals surface area contributed by atoms with Gasteiger partial charge in [-0.05, 0) is 29.7 Å². The molecule has 2 rings (SSSR count). The van der Waals surface area contributed by atoms with Crippen molar-refractivity contribution in [3.05, 3.63) is 70.7 Å². The number of hydrogen-bond donors (Lipinski definition) is 2. The molecular weight excluding hydrogens is 298 g/mol. The number of aliphatic hydroxyl groups excluding tert-OH is 1. The normalized spacial score (nSPS) is 13.8. The largest absolute Gasteiger partial charge is 0.387 e. The third kappa shape index (κ3) is 5.11. The summed E-state index contributed by atoms with van der Waals surface area (Å²) in [7, 11) is 1.69. The van der Waals surface area contributed by atoms with Crippen molar-refractivity contribution in [2.45, 2.75) is 18.6 Å². The second-order valence-electron chi connectivity index (χ2n) is 5.22. The molecule has 2 N–H and O–H groups in total. The topological polar surface area (TPSA) is 41.5 Å². The van der Waals surface area contributed by atoms with Crippen LogP contribution in [0.1, 0.15) is 29.7 Å². The van der Waals surface area contributed by atoms with Crippen LogP contribution in [0.3, 0.4) is 0 Å². The standard InChI is InChI=1S/C18H22ClNO2/c1-22-12-11-17(14-7-9-16(19)10-8-14)20-13-18(21)15-5-3-2-4-6-15/h2-10,17-18,20-21H,11-13H2,1H3. The summed E-state index contributed by atoms with van der Waals surface area (Å²) < 4.78 is 5.18. The van der Waals surface area contributed by atoms with Crippen molar-refractivity contribution in [1.82, 2.24) is 5.32 Å². The molecular formula is C18H22ClNO2. The summed E-state index contributed by atoms with van der Waals surface area (Å²) in [5.74, 6) is 0. The van der Waals surface area contributed by atoms with E-state index in [1.807, 2.05) is 54.6 Å². The Balaban J connectivity index is 1.99. The fourth-order valence-corrected chi connectivity index (χ4v) is 2.49. The highest BCUT2D eigenvalue weighted by Crippen LogP contribution is 2.21. The minimum Gasteiger partial charge on any atom is -0.387 e. The monoisotopic (exact) mass is 319 g/mol. The van der Waals surface area contributed by atoms with Crippen LogP contribution < -0.4 is 5.32 Å². The molecule has 0 aliphatic carbocycles. The van der Waals surface area contributed by atoms with Crippen LogP contribution in [0.4, 0.5) is 0 Å². The number of aliphatic hydroxyl groups is 1. The average Bonchev–Trinajstić information content (AvgIpc) is 2.56. The molecule has 2 aromatic carbocycles. The van der Waals surface area contributed by atoms with Gasteiger partial charge >= 0.3 is 0 Å². The first-order valence-corrected chi connectivity index (χ1v) is 7.79. The molecule has 2 aromatic rings. The number of hydrogen-bond acceptors (Lipinski definition) is 3. The summed E-state index contributed by atoms with van der Waals surface area (Å²) >= 11 is 5.94. The Bertz CT molecular complexity index is 545. The first-order chi connectivity index (χ1) is 10.7. The van der Waals surface area contributed by atoms with Crippen LogP contribution in [0.2, 0.25) is 5.02 Å². The van der Waals surface area contributed by atoms with E-state index in [2.05, 4.69) is 5.32 Å². The molecule has 0 fully saturated rings. The third-order valence-corrected chi connectivity index (χ3v) is 3.88. The van der Waals surface area contributed by atoms with E-state index in [1.54, 1.807) is 7.11 Å². The smallest absolute Gasteiger partial charge is 0.0914 e. The molecule has 0 radical (unpaired) electrons. The first kappa shape index (κ1) is 17.0. The number of nitrogens with one attached hydrogen (secondary N) is 1. The molecule has 2 unspecified atom stereocenters. The molecule has 0 aliphatic rings. The second-order valence-corrected chi connectivity index (χ2v) is 5.66. The summed E-state index contributed by atoms with van der Waals surface area (Å²) in [6.07, 6.45) is 0.304. The van der Waals surface area contributed by atoms with Gasteiger partial charge in [0.05, 0.1) is 6.10 Å². The number of rotatable bonds is 8. The van der Waals surface area contributed by atoms with E-state index in [0.717, 1.165) is 22.6 Å². The molecule has 0 saturated carbocycles. The van der Waals surface area contributed by atoms with Gasteiger partial charge in [0.1, 0.15) is 0 Å². The SMILES string of the molecule is COCCC(NCC(O)c1ccccc1)c1ccc(Cl)cc1. The predicted molar refractivity (Wildman–Crippen MR) is 90.1 cm³/mol. The van der Waals surface area contributed by atoms with E-state index < -0.39 is 6.10 Å². The van der Waals surface area contributed by atoms with Crippen LogP contribution in [0.25, 0.3) is 0 Å². The van der Waals surface area contributed by atoms with Gasteiger partial charge in [0.25, 0.3) is 0 Å². The summed E-state index contributed by atoms with van der Waals surface area (Å²) in [5, 5.41) is 14.4. The number of methoxy groups -OCH3 is 1. The van der Waals surface area contributed by atoms with Gasteiger partial charge in [-0.3, -0.25) is 0 Å². The highest BCUT2D eigenvalue weighted by Gasteiger charge is 2.14. The van der Waals surface area contributed by atoms with Gasteiger partial charge in [-0.25, -0.2) is 0 Å². The minimum atomic E-state index is -0.529. The van der Waals surface area contributed by atoms with Gasteiger partial charge in [0.15, 0.2) is 0 Å². The zero-order valence-electron chi connectivity index (χ0n) is 12.7. The number of benzene rings is 2. The summed E-state index contributed by atoms with van der Waals surface area (Å²) in [6.45, 7) is 1.14. The summed E-state index contributed by atoms with van der Waals surface area (Å²) in [6, 6.07) is 17.6. The molecule has 2 atom stereocenters. The van der Waals surface area contributed by atoms with Gasteiger partial charge in [-0.15, -0.1) is 0 Å². The van der Waals surface area contributed by atoms with Crippen molar-refractivity contribution in [1.29, 1.82) is 0 Å². The van der Waals surface area contributed by atoms with E-state index in [9.17, 15) is 5.11 Å². The van der Waals surface area contributed by atoms with Crippen molar-refractivity contribution >= 4 is 11.6 Å². The van der Waals surface area contributed by atoms with Crippen LogP contribution >= 0.6 is 11.6 Å². The quantitative estimate of drug-likeness (QED) is 0.779. The van der Waals surface area contributed by atoms with E-state index >= 15 is 0 Å². The molecule has 3 nitrogen and oxygen atoms in total. The fourth-order valence-electron chi connectivity index (χ4n) is 2.36. The molecule has 0 heterocycles. The van der Waals surface area contributed by atoms with E-state index in [4.69, 9.17) is 16.3 Å². The highest BCUT2D eigenvalue weighted by atomic mass is 35.5. The second kappa shape index (κ2) is 8.91. The lowest BCUT2D eigenvalue weighted by molar-refractivity contribution is 0.156. The zero-order chi connectivity index (χ0) is 15.8. The van der Waals surface area contributed by atoms with Crippen molar-refractivity contribution in [2.24, 2.45) is 0 Å². The minimum absolute atomic E-state index is 0.121. The maximum absolute atomic E-state index is 10.3. The highest BCUT2D eigenvalue weighted by molar-refractivity contribution is 6.30. The van der Waals surface area contributed by atoms with Crippen LogP contribution in [-0.2, 0) is 4.74 Å². The molecule has 0 aliphatic heterocycles. The Morgan fingerprint density at radius 3 is 2.36 bits per heavy atom. The summed E-state index contributed by atoms with van der Waals surface area (Å²) in [5.41, 5.74) is 2.05. The Kier molecular flexibility index (Phi) is 6.87. The zero-order valence-corrected chi connectivity index (χ0v) is 13.5. The molecule has 0 amide bonds. The summed E-state index contributed by atoms with van der Waals surface area (Å²) in [4.78, 5) is 0. The molecule has 0 bridgehead atoms. The van der Waals surface area contributed by atoms with Gasteiger partial charge < -0.3 is 15.2 Å². The van der Waals surface area contributed by atoms with Crippen molar-refractivity contribution in [3.8, 4) is 0 Å². The lowest BCUT2D eigenvalue weighted by atomic mass is 10.0. The van der Waals surface area contributed by atoms with Gasteiger partial charge in [-0.2, -0.15) is 0 Å². The van der Waals surface area contributed by atoms with Crippen molar-refractivity contribution < 1.29 is 9.84 Å². The van der Waals surface area contributed by atoms with Crippen LogP contribution in [0.15, 0.2) is 54.6 Å². The third-order valence-electron chi connectivity index (χ3n) is 3.62. The molecule has 0 spiro atoms. The Labute approximate surface area is 136 Å². The fraction of sp³-hybridized carbons (Fsp3) is 0.333. The van der Waals surface area contributed by atoms with Gasteiger partial charge in [-0.1, -0.05) is 54.1 Å². The Morgan fingerprint density at radius 2 is 1.73 bits per heavy atom. The maximum atomic E-state index is 10.3. The van der Waals surface area contributed by atoms with Crippen molar-refractivity contribution in [2.75, 3.05) is 20.3 Å². The number of ether oxygens (including phenoxy) is 1. The van der Waals surface area contributed by atoms with Crippen LogP contribution in [0, 0.1) is 0 Å². The van der Waals surface area contributed by atoms with E-state index in [-0.39, 0.29) is 6.04 Å².